The maximum atomic E-state index is 12.5. The van der Waals surface area contributed by atoms with E-state index in [0.29, 0.717) is 56.5 Å². The van der Waals surface area contributed by atoms with Crippen LogP contribution in [0.2, 0.25) is 0 Å². The van der Waals surface area contributed by atoms with E-state index >= 15 is 0 Å². The molecule has 136 valence electrons. The average molecular weight is 355 g/mol. The maximum absolute atomic E-state index is 12.5. The van der Waals surface area contributed by atoms with E-state index in [1.807, 2.05) is 29.2 Å². The highest BCUT2D eigenvalue weighted by molar-refractivity contribution is 5.88. The number of hydrogen-bond acceptors (Lipinski definition) is 7. The first-order valence-corrected chi connectivity index (χ1v) is 8.50. The van der Waals surface area contributed by atoms with Gasteiger partial charge in [0.15, 0.2) is 11.7 Å². The third kappa shape index (κ3) is 3.90. The summed E-state index contributed by atoms with van der Waals surface area (Å²) in [5.74, 6) is -0.870. The number of nitrogens with one attached hydrogen (secondary N) is 1. The second-order valence-electron chi connectivity index (χ2n) is 5.87. The number of rotatable bonds is 6. The van der Waals surface area contributed by atoms with Crippen molar-refractivity contribution < 1.29 is 14.3 Å². The molecule has 2 aromatic rings. The van der Waals surface area contributed by atoms with Crippen molar-refractivity contribution in [3.63, 3.8) is 0 Å². The van der Waals surface area contributed by atoms with E-state index in [0.717, 1.165) is 5.52 Å². The molecule has 1 N–H and O–H groups in total. The van der Waals surface area contributed by atoms with Gasteiger partial charge in [-0.1, -0.05) is 12.1 Å². The maximum Gasteiger partial charge on any atom is 0.243 e. The molecule has 8 nitrogen and oxygen atoms in total. The molecule has 0 aliphatic carbocycles. The molecule has 1 unspecified atom stereocenters. The minimum atomic E-state index is -1.04. The number of morpholine rings is 1. The van der Waals surface area contributed by atoms with Crippen molar-refractivity contribution in [1.29, 1.82) is 5.26 Å². The van der Waals surface area contributed by atoms with Crippen LogP contribution in [0.1, 0.15) is 11.6 Å². The number of methoxy groups -OCH3 is 1. The van der Waals surface area contributed by atoms with Crippen molar-refractivity contribution in [1.82, 2.24) is 15.3 Å². The third-order valence-electron chi connectivity index (χ3n) is 4.16. The third-order valence-corrected chi connectivity index (χ3v) is 4.16. The van der Waals surface area contributed by atoms with Crippen LogP contribution in [0.15, 0.2) is 24.3 Å². The molecule has 3 rings (SSSR count). The van der Waals surface area contributed by atoms with Crippen LogP contribution in [-0.4, -0.2) is 62.4 Å². The lowest BCUT2D eigenvalue weighted by Crippen LogP contribution is -2.39. The number of nitrogens with zero attached hydrogens (tertiary/aromatic N) is 4. The zero-order valence-corrected chi connectivity index (χ0v) is 14.6. The number of carbonyl (C=O) groups is 1. The van der Waals surface area contributed by atoms with Crippen molar-refractivity contribution in [2.45, 2.75) is 5.92 Å². The summed E-state index contributed by atoms with van der Waals surface area (Å²) in [5.41, 5.74) is 1.77. The molecule has 1 amide bonds. The molecule has 1 aromatic carbocycles. The van der Waals surface area contributed by atoms with Gasteiger partial charge in [-0.05, 0) is 12.1 Å². The largest absolute Gasteiger partial charge is 0.383 e. The van der Waals surface area contributed by atoms with Gasteiger partial charge in [0.05, 0.1) is 36.9 Å². The van der Waals surface area contributed by atoms with Gasteiger partial charge in [-0.3, -0.25) is 4.79 Å². The molecule has 1 aliphatic heterocycles. The molecule has 26 heavy (non-hydrogen) atoms. The van der Waals surface area contributed by atoms with E-state index in [4.69, 9.17) is 14.5 Å². The summed E-state index contributed by atoms with van der Waals surface area (Å²) in [5, 5.41) is 12.4. The summed E-state index contributed by atoms with van der Waals surface area (Å²) in [7, 11) is 1.55. The Labute approximate surface area is 151 Å². The summed E-state index contributed by atoms with van der Waals surface area (Å²) in [4.78, 5) is 23.8. The van der Waals surface area contributed by atoms with Crippen LogP contribution in [-0.2, 0) is 14.3 Å². The first-order valence-electron chi connectivity index (χ1n) is 8.50. The van der Waals surface area contributed by atoms with Gasteiger partial charge >= 0.3 is 0 Å². The van der Waals surface area contributed by atoms with Crippen LogP contribution in [0.25, 0.3) is 11.0 Å². The summed E-state index contributed by atoms with van der Waals surface area (Å²) >= 11 is 0. The van der Waals surface area contributed by atoms with Gasteiger partial charge in [0.1, 0.15) is 5.69 Å². The van der Waals surface area contributed by atoms with E-state index < -0.39 is 11.8 Å². The number of ether oxygens (including phenoxy) is 2. The van der Waals surface area contributed by atoms with Crippen LogP contribution >= 0.6 is 0 Å². The van der Waals surface area contributed by atoms with Gasteiger partial charge in [-0.2, -0.15) is 5.26 Å². The van der Waals surface area contributed by atoms with Crippen LogP contribution in [0.5, 0.6) is 0 Å². The smallest absolute Gasteiger partial charge is 0.243 e. The molecule has 0 radical (unpaired) electrons. The molecule has 1 saturated heterocycles. The Kier molecular flexibility index (Phi) is 5.94. The molecule has 2 heterocycles. The Morgan fingerprint density at radius 2 is 2.04 bits per heavy atom. The van der Waals surface area contributed by atoms with Gasteiger partial charge in [0.25, 0.3) is 0 Å². The second kappa shape index (κ2) is 8.56. The van der Waals surface area contributed by atoms with E-state index in [9.17, 15) is 10.1 Å². The minimum absolute atomic E-state index is 0.335. The monoisotopic (exact) mass is 355 g/mol. The second-order valence-corrected chi connectivity index (χ2v) is 5.87. The van der Waals surface area contributed by atoms with Crippen LogP contribution in [0.3, 0.4) is 0 Å². The van der Waals surface area contributed by atoms with E-state index in [1.165, 1.54) is 0 Å². The summed E-state index contributed by atoms with van der Waals surface area (Å²) < 4.78 is 10.3. The zero-order chi connectivity index (χ0) is 18.4. The molecule has 1 atom stereocenters. The van der Waals surface area contributed by atoms with Crippen molar-refractivity contribution in [2.75, 3.05) is 51.5 Å². The Bertz CT molecular complexity index is 814. The number of carbonyl (C=O) groups excluding carboxylic acids is 1. The molecule has 0 saturated carbocycles. The van der Waals surface area contributed by atoms with Crippen LogP contribution in [0, 0.1) is 11.3 Å². The van der Waals surface area contributed by atoms with E-state index in [1.54, 1.807) is 7.11 Å². The number of anilines is 1. The topological polar surface area (TPSA) is 100 Å². The molecule has 0 spiro atoms. The fourth-order valence-corrected chi connectivity index (χ4v) is 2.83. The number of para-hydroxylation sites is 2. The summed E-state index contributed by atoms with van der Waals surface area (Å²) in [6.07, 6.45) is 0. The predicted octanol–water partition coefficient (Wildman–Crippen LogP) is 0.836. The lowest BCUT2D eigenvalue weighted by molar-refractivity contribution is -0.121. The fourth-order valence-electron chi connectivity index (χ4n) is 2.83. The molecular formula is C18H21N5O3. The SMILES string of the molecule is COCCNC(=O)C(C#N)c1nc2ccccc2nc1N1CCOCC1. The quantitative estimate of drug-likeness (QED) is 0.766. The highest BCUT2D eigenvalue weighted by Gasteiger charge is 2.29. The standard InChI is InChI=1S/C18H21N5O3/c1-25-9-6-20-18(24)13(12-19)16-17(23-7-10-26-11-8-23)22-15-5-3-2-4-14(15)21-16/h2-5,13H,6-11H2,1H3,(H,20,24). The lowest BCUT2D eigenvalue weighted by Gasteiger charge is -2.29. The van der Waals surface area contributed by atoms with Crippen molar-refractivity contribution in [2.24, 2.45) is 0 Å². The minimum Gasteiger partial charge on any atom is -0.383 e. The highest BCUT2D eigenvalue weighted by atomic mass is 16.5. The van der Waals surface area contributed by atoms with Crippen LogP contribution < -0.4 is 10.2 Å². The molecule has 8 heteroatoms. The Morgan fingerprint density at radius 3 is 2.69 bits per heavy atom. The van der Waals surface area contributed by atoms with Gasteiger partial charge in [0, 0.05) is 26.7 Å². The number of fused-ring (bicyclic) bond motifs is 1. The number of benzene rings is 1. The van der Waals surface area contributed by atoms with Gasteiger partial charge < -0.3 is 19.7 Å². The van der Waals surface area contributed by atoms with E-state index in [-0.39, 0.29) is 0 Å². The Morgan fingerprint density at radius 1 is 1.35 bits per heavy atom. The predicted molar refractivity (Wildman–Crippen MR) is 95.8 cm³/mol. The molecule has 1 aliphatic rings. The summed E-state index contributed by atoms with van der Waals surface area (Å²) in [6.45, 7) is 3.15. The number of aromatic nitrogens is 2. The van der Waals surface area contributed by atoms with Gasteiger partial charge in [-0.25, -0.2) is 9.97 Å². The summed E-state index contributed by atoms with van der Waals surface area (Å²) in [6, 6.07) is 9.52. The fraction of sp³-hybridized carbons (Fsp3) is 0.444. The molecule has 0 bridgehead atoms. The normalized spacial score (nSPS) is 15.5. The van der Waals surface area contributed by atoms with Gasteiger partial charge in [0.2, 0.25) is 5.91 Å². The highest BCUT2D eigenvalue weighted by Crippen LogP contribution is 2.27. The number of nitriles is 1. The van der Waals surface area contributed by atoms with Crippen molar-refractivity contribution >= 4 is 22.8 Å². The van der Waals surface area contributed by atoms with Gasteiger partial charge in [-0.15, -0.1) is 0 Å². The van der Waals surface area contributed by atoms with E-state index in [2.05, 4.69) is 16.4 Å². The average Bonchev–Trinajstić information content (AvgIpc) is 2.69. The Balaban J connectivity index is 2.00. The number of amides is 1. The number of hydrogen-bond donors (Lipinski definition) is 1. The molecule has 1 fully saturated rings. The van der Waals surface area contributed by atoms with Crippen molar-refractivity contribution in [3.05, 3.63) is 30.0 Å². The first-order chi connectivity index (χ1) is 12.7. The van der Waals surface area contributed by atoms with Crippen molar-refractivity contribution in [3.8, 4) is 6.07 Å². The molecule has 1 aromatic heterocycles. The van der Waals surface area contributed by atoms with Crippen LogP contribution in [0.4, 0.5) is 5.82 Å². The Hall–Kier alpha value is -2.76. The first kappa shape index (κ1) is 18.0. The molecular weight excluding hydrogens is 334 g/mol. The zero-order valence-electron chi connectivity index (χ0n) is 14.6. The lowest BCUT2D eigenvalue weighted by atomic mass is 10.0.